The first-order chi connectivity index (χ1) is 16.7. The van der Waals surface area contributed by atoms with Crippen molar-refractivity contribution in [2.75, 3.05) is 20.3 Å². The van der Waals surface area contributed by atoms with Crippen LogP contribution in [0.15, 0.2) is 48.8 Å². The first-order valence-corrected chi connectivity index (χ1v) is 11.6. The summed E-state index contributed by atoms with van der Waals surface area (Å²) < 4.78 is 11.3. The van der Waals surface area contributed by atoms with Gasteiger partial charge in [-0.1, -0.05) is 12.1 Å². The Morgan fingerprint density at radius 3 is 2.71 bits per heavy atom. The van der Waals surface area contributed by atoms with Crippen LogP contribution < -0.4 is 5.32 Å². The number of carbonyl (C=O) groups excluding carboxylic acids is 1. The Hall–Kier alpha value is -3.56. The number of amides is 1. The summed E-state index contributed by atoms with van der Waals surface area (Å²) in [6.45, 7) is 0.973. The van der Waals surface area contributed by atoms with E-state index >= 15 is 0 Å². The van der Waals surface area contributed by atoms with E-state index in [-0.39, 0.29) is 12.0 Å². The number of nitrogens with one attached hydrogen (secondary N) is 3. The number of carbonyl (C=O) groups is 1. The number of nitrogens with zero attached hydrogens (tertiary/aromatic N) is 3. The van der Waals surface area contributed by atoms with Crippen LogP contribution in [0.3, 0.4) is 0 Å². The lowest BCUT2D eigenvalue weighted by atomic mass is 9.95. The molecule has 0 atom stereocenters. The molecule has 4 aromatic rings. The van der Waals surface area contributed by atoms with E-state index in [9.17, 15) is 4.79 Å². The Bertz CT molecular complexity index is 1240. The van der Waals surface area contributed by atoms with Crippen molar-refractivity contribution in [3.05, 3.63) is 54.4 Å². The number of hydrogen-bond donors (Lipinski definition) is 3. The topological polar surface area (TPSA) is 118 Å². The maximum atomic E-state index is 12.7. The standard InChI is InChI=1S/C25H28N6O3/c1-33-19-6-8-20(9-7-19)34-12-11-26-25(32)18-4-2-3-16(13-18)23-21-14-17(24-27-15-28-31-24)5-10-22(21)29-30-23/h2-5,10,13-15,19-20H,6-9,11-12H2,1H3,(H,26,32)(H,29,30)(H,27,28,31). The number of aromatic amines is 2. The van der Waals surface area contributed by atoms with Gasteiger partial charge in [-0.2, -0.15) is 10.2 Å². The normalized spacial score (nSPS) is 18.3. The molecule has 2 aromatic carbocycles. The number of aromatic nitrogens is 5. The van der Waals surface area contributed by atoms with Gasteiger partial charge in [-0.15, -0.1) is 0 Å². The lowest BCUT2D eigenvalue weighted by molar-refractivity contribution is -0.0149. The SMILES string of the molecule is COC1CCC(OCCNC(=O)c2cccc(-c3n[nH]c4ccc(-c5nc[nH]n5)cc34)c2)CC1. The van der Waals surface area contributed by atoms with Crippen LogP contribution in [0.25, 0.3) is 33.5 Å². The molecule has 0 spiro atoms. The Kier molecular flexibility index (Phi) is 6.64. The highest BCUT2D eigenvalue weighted by atomic mass is 16.5. The highest BCUT2D eigenvalue weighted by Gasteiger charge is 2.21. The Balaban J connectivity index is 1.23. The number of rotatable bonds is 8. The zero-order valence-electron chi connectivity index (χ0n) is 19.1. The van der Waals surface area contributed by atoms with E-state index in [0.717, 1.165) is 53.4 Å². The zero-order chi connectivity index (χ0) is 23.3. The summed E-state index contributed by atoms with van der Waals surface area (Å²) in [5.41, 5.74) is 4.01. The summed E-state index contributed by atoms with van der Waals surface area (Å²) in [4.78, 5) is 17.0. The second kappa shape index (κ2) is 10.1. The van der Waals surface area contributed by atoms with Crippen LogP contribution >= 0.6 is 0 Å². The van der Waals surface area contributed by atoms with Crippen molar-refractivity contribution in [2.24, 2.45) is 0 Å². The molecule has 1 aliphatic rings. The van der Waals surface area contributed by atoms with Gasteiger partial charge in [0.05, 0.1) is 30.0 Å². The van der Waals surface area contributed by atoms with Crippen LogP contribution in [0.1, 0.15) is 36.0 Å². The fourth-order valence-corrected chi connectivity index (χ4v) is 4.46. The molecule has 1 fully saturated rings. The predicted molar refractivity (Wildman–Crippen MR) is 128 cm³/mol. The quantitative estimate of drug-likeness (QED) is 0.345. The monoisotopic (exact) mass is 460 g/mol. The molecular formula is C25H28N6O3. The zero-order valence-corrected chi connectivity index (χ0v) is 19.1. The van der Waals surface area contributed by atoms with Crippen molar-refractivity contribution in [1.82, 2.24) is 30.7 Å². The molecule has 1 saturated carbocycles. The fourth-order valence-electron chi connectivity index (χ4n) is 4.46. The second-order valence-corrected chi connectivity index (χ2v) is 8.50. The molecule has 9 nitrogen and oxygen atoms in total. The van der Waals surface area contributed by atoms with Gasteiger partial charge < -0.3 is 14.8 Å². The summed E-state index contributed by atoms with van der Waals surface area (Å²) >= 11 is 0. The maximum absolute atomic E-state index is 12.7. The van der Waals surface area contributed by atoms with Crippen molar-refractivity contribution < 1.29 is 14.3 Å². The molecule has 0 saturated heterocycles. The summed E-state index contributed by atoms with van der Waals surface area (Å²) in [6, 6.07) is 13.4. The lowest BCUT2D eigenvalue weighted by Crippen LogP contribution is -2.31. The highest BCUT2D eigenvalue weighted by molar-refractivity contribution is 5.98. The number of methoxy groups -OCH3 is 1. The van der Waals surface area contributed by atoms with Crippen molar-refractivity contribution >= 4 is 16.8 Å². The van der Waals surface area contributed by atoms with E-state index in [1.54, 1.807) is 19.5 Å². The Morgan fingerprint density at radius 1 is 1.06 bits per heavy atom. The van der Waals surface area contributed by atoms with Crippen LogP contribution in [0.2, 0.25) is 0 Å². The predicted octanol–water partition coefficient (Wildman–Crippen LogP) is 3.72. The third kappa shape index (κ3) is 4.85. The molecule has 1 amide bonds. The summed E-state index contributed by atoms with van der Waals surface area (Å²) in [5, 5.41) is 18.3. The molecule has 9 heteroatoms. The Labute approximate surface area is 197 Å². The molecule has 34 heavy (non-hydrogen) atoms. The first-order valence-electron chi connectivity index (χ1n) is 11.6. The minimum atomic E-state index is -0.130. The van der Waals surface area contributed by atoms with E-state index in [1.807, 2.05) is 36.4 Å². The van der Waals surface area contributed by atoms with Crippen molar-refractivity contribution in [2.45, 2.75) is 37.9 Å². The van der Waals surface area contributed by atoms with Gasteiger partial charge in [-0.3, -0.25) is 15.0 Å². The molecule has 0 aliphatic heterocycles. The van der Waals surface area contributed by atoms with Gasteiger partial charge in [0.2, 0.25) is 0 Å². The third-order valence-electron chi connectivity index (χ3n) is 6.33. The second-order valence-electron chi connectivity index (χ2n) is 8.50. The van der Waals surface area contributed by atoms with Gasteiger partial charge in [-0.05, 0) is 56.0 Å². The van der Waals surface area contributed by atoms with E-state index in [4.69, 9.17) is 9.47 Å². The maximum Gasteiger partial charge on any atom is 0.251 e. The van der Waals surface area contributed by atoms with Crippen molar-refractivity contribution in [1.29, 1.82) is 0 Å². The van der Waals surface area contributed by atoms with Crippen molar-refractivity contribution in [3.8, 4) is 22.6 Å². The largest absolute Gasteiger partial charge is 0.381 e. The van der Waals surface area contributed by atoms with E-state index in [2.05, 4.69) is 30.7 Å². The van der Waals surface area contributed by atoms with E-state index in [0.29, 0.717) is 30.6 Å². The van der Waals surface area contributed by atoms with Crippen LogP contribution in [0.5, 0.6) is 0 Å². The van der Waals surface area contributed by atoms with Crippen LogP contribution in [-0.2, 0) is 9.47 Å². The van der Waals surface area contributed by atoms with Gasteiger partial charge >= 0.3 is 0 Å². The van der Waals surface area contributed by atoms with E-state index in [1.165, 1.54) is 0 Å². The summed E-state index contributed by atoms with van der Waals surface area (Å²) in [7, 11) is 1.76. The van der Waals surface area contributed by atoms with Crippen LogP contribution in [0, 0.1) is 0 Å². The molecule has 176 valence electrons. The van der Waals surface area contributed by atoms with E-state index < -0.39 is 0 Å². The van der Waals surface area contributed by atoms with Crippen LogP contribution in [0.4, 0.5) is 0 Å². The lowest BCUT2D eigenvalue weighted by Gasteiger charge is -2.27. The molecule has 3 N–H and O–H groups in total. The smallest absolute Gasteiger partial charge is 0.251 e. The number of benzene rings is 2. The average Bonchev–Trinajstić information content (AvgIpc) is 3.57. The third-order valence-corrected chi connectivity index (χ3v) is 6.33. The van der Waals surface area contributed by atoms with Gasteiger partial charge in [0.15, 0.2) is 5.82 Å². The number of H-pyrrole nitrogens is 2. The fraction of sp³-hybridized carbons (Fsp3) is 0.360. The average molecular weight is 461 g/mol. The minimum absolute atomic E-state index is 0.130. The summed E-state index contributed by atoms with van der Waals surface area (Å²) in [6.07, 6.45) is 6.22. The minimum Gasteiger partial charge on any atom is -0.381 e. The number of ether oxygens (including phenoxy) is 2. The molecule has 1 aliphatic carbocycles. The molecule has 0 unspecified atom stereocenters. The molecule has 0 radical (unpaired) electrons. The highest BCUT2D eigenvalue weighted by Crippen LogP contribution is 2.30. The molecule has 2 aromatic heterocycles. The molecule has 2 heterocycles. The van der Waals surface area contributed by atoms with Gasteiger partial charge in [0, 0.05) is 35.7 Å². The van der Waals surface area contributed by atoms with Gasteiger partial charge in [0.1, 0.15) is 6.33 Å². The van der Waals surface area contributed by atoms with Gasteiger partial charge in [-0.25, -0.2) is 4.98 Å². The van der Waals surface area contributed by atoms with Crippen molar-refractivity contribution in [3.63, 3.8) is 0 Å². The molecule has 0 bridgehead atoms. The molecule has 5 rings (SSSR count). The Morgan fingerprint density at radius 2 is 1.91 bits per heavy atom. The summed E-state index contributed by atoms with van der Waals surface area (Å²) in [5.74, 6) is 0.492. The first kappa shape index (κ1) is 22.2. The van der Waals surface area contributed by atoms with Gasteiger partial charge in [0.25, 0.3) is 5.91 Å². The molecular weight excluding hydrogens is 432 g/mol. The number of fused-ring (bicyclic) bond motifs is 1. The van der Waals surface area contributed by atoms with Crippen LogP contribution in [-0.4, -0.2) is 63.8 Å². The number of hydrogen-bond acceptors (Lipinski definition) is 6.